The van der Waals surface area contributed by atoms with E-state index in [4.69, 9.17) is 17.0 Å². The van der Waals surface area contributed by atoms with Gasteiger partial charge in [0.1, 0.15) is 0 Å². The van der Waals surface area contributed by atoms with E-state index in [9.17, 15) is 0 Å². The molecule has 1 aromatic carbocycles. The van der Waals surface area contributed by atoms with Crippen molar-refractivity contribution in [3.05, 3.63) is 33.8 Å². The smallest absolute Gasteiger partial charge is 0.208 e. The highest BCUT2D eigenvalue weighted by molar-refractivity contribution is 7.73. The second kappa shape index (κ2) is 5.90. The topological polar surface area (TPSA) is 49.9 Å². The van der Waals surface area contributed by atoms with Gasteiger partial charge in [0, 0.05) is 12.8 Å². The van der Waals surface area contributed by atoms with Gasteiger partial charge in [0.15, 0.2) is 3.95 Å². The van der Waals surface area contributed by atoms with E-state index in [0.29, 0.717) is 10.6 Å². The predicted molar refractivity (Wildman–Crippen MR) is 72.6 cm³/mol. The number of methoxy groups -OCH3 is 1. The van der Waals surface area contributed by atoms with E-state index in [-0.39, 0.29) is 0 Å². The van der Waals surface area contributed by atoms with E-state index in [1.807, 2.05) is 18.2 Å². The quantitative estimate of drug-likeness (QED) is 0.817. The number of nitrogens with one attached hydrogen (secondary N) is 2. The van der Waals surface area contributed by atoms with Crippen molar-refractivity contribution in [2.24, 2.45) is 0 Å². The number of aromatic nitrogens is 2. The number of ether oxygens (including phenoxy) is 1. The average molecular weight is 267 g/mol. The lowest BCUT2D eigenvalue weighted by Gasteiger charge is -2.08. The molecule has 0 atom stereocenters. The first-order chi connectivity index (χ1) is 8.29. The Morgan fingerprint density at radius 3 is 3.00 bits per heavy atom. The van der Waals surface area contributed by atoms with Gasteiger partial charge in [0.2, 0.25) is 5.13 Å². The monoisotopic (exact) mass is 267 g/mol. The summed E-state index contributed by atoms with van der Waals surface area (Å²) in [6, 6.07) is 8.11. The van der Waals surface area contributed by atoms with Crippen LogP contribution in [0.2, 0.25) is 0 Å². The zero-order valence-corrected chi connectivity index (χ0v) is 11.0. The third-order valence-electron chi connectivity index (χ3n) is 2.27. The van der Waals surface area contributed by atoms with Gasteiger partial charge in [-0.15, -0.1) is 5.10 Å². The fourth-order valence-electron chi connectivity index (χ4n) is 1.47. The normalized spacial score (nSPS) is 10.4. The lowest BCUT2D eigenvalue weighted by atomic mass is 10.1. The van der Waals surface area contributed by atoms with Crippen molar-refractivity contribution in [2.45, 2.75) is 6.42 Å². The molecule has 4 nitrogen and oxygen atoms in total. The molecule has 0 aliphatic carbocycles. The van der Waals surface area contributed by atoms with Crippen LogP contribution in [0.15, 0.2) is 24.3 Å². The van der Waals surface area contributed by atoms with Crippen LogP contribution in [-0.4, -0.2) is 23.9 Å². The van der Waals surface area contributed by atoms with Gasteiger partial charge in [-0.25, -0.2) is 0 Å². The number of anilines is 2. The molecular formula is C11H13N3OS2. The van der Waals surface area contributed by atoms with Crippen LogP contribution in [0.25, 0.3) is 0 Å². The van der Waals surface area contributed by atoms with Crippen molar-refractivity contribution >= 4 is 34.4 Å². The molecule has 2 N–H and O–H groups in total. The number of para-hydroxylation sites is 1. The molecule has 0 saturated heterocycles. The maximum absolute atomic E-state index is 5.09. The first-order valence-corrected chi connectivity index (χ1v) is 6.41. The van der Waals surface area contributed by atoms with Crippen LogP contribution in [0.4, 0.5) is 10.8 Å². The fraction of sp³-hybridized carbons (Fsp3) is 0.273. The molecule has 0 saturated carbocycles. The Morgan fingerprint density at radius 2 is 2.29 bits per heavy atom. The van der Waals surface area contributed by atoms with Gasteiger partial charge >= 0.3 is 0 Å². The maximum atomic E-state index is 5.09. The van der Waals surface area contributed by atoms with Crippen LogP contribution in [0.3, 0.4) is 0 Å². The maximum Gasteiger partial charge on any atom is 0.208 e. The van der Waals surface area contributed by atoms with E-state index in [2.05, 4.69) is 21.6 Å². The van der Waals surface area contributed by atoms with Crippen molar-refractivity contribution in [3.8, 4) is 0 Å². The minimum Gasteiger partial charge on any atom is -0.384 e. The van der Waals surface area contributed by atoms with Crippen molar-refractivity contribution in [1.82, 2.24) is 10.2 Å². The molecule has 2 rings (SSSR count). The molecule has 0 aliphatic heterocycles. The van der Waals surface area contributed by atoms with Gasteiger partial charge in [-0.2, -0.15) is 0 Å². The summed E-state index contributed by atoms with van der Waals surface area (Å²) >= 11 is 6.41. The first kappa shape index (κ1) is 12.2. The largest absolute Gasteiger partial charge is 0.384 e. The molecule has 1 aromatic heterocycles. The van der Waals surface area contributed by atoms with Crippen LogP contribution in [0.1, 0.15) is 5.56 Å². The van der Waals surface area contributed by atoms with E-state index >= 15 is 0 Å². The number of nitrogens with zero attached hydrogens (tertiary/aromatic N) is 1. The summed E-state index contributed by atoms with van der Waals surface area (Å²) in [5.41, 5.74) is 2.25. The molecule has 0 aliphatic rings. The van der Waals surface area contributed by atoms with Crippen molar-refractivity contribution < 1.29 is 4.74 Å². The summed E-state index contributed by atoms with van der Waals surface area (Å²) in [4.78, 5) is 0. The molecule has 0 amide bonds. The van der Waals surface area contributed by atoms with Crippen LogP contribution in [0, 0.1) is 3.95 Å². The summed E-state index contributed by atoms with van der Waals surface area (Å²) in [7, 11) is 1.70. The van der Waals surface area contributed by atoms with Crippen LogP contribution >= 0.6 is 23.6 Å². The van der Waals surface area contributed by atoms with Gasteiger partial charge in [-0.1, -0.05) is 29.5 Å². The van der Waals surface area contributed by atoms with Crippen LogP contribution in [0.5, 0.6) is 0 Å². The van der Waals surface area contributed by atoms with Gasteiger partial charge in [-0.3, -0.25) is 5.10 Å². The Kier molecular flexibility index (Phi) is 4.24. The highest BCUT2D eigenvalue weighted by Gasteiger charge is 2.03. The first-order valence-electron chi connectivity index (χ1n) is 5.19. The molecule has 6 heteroatoms. The molecule has 2 aromatic rings. The zero-order valence-electron chi connectivity index (χ0n) is 9.40. The van der Waals surface area contributed by atoms with E-state index in [1.54, 1.807) is 7.11 Å². The summed E-state index contributed by atoms with van der Waals surface area (Å²) in [6.07, 6.45) is 0.871. The van der Waals surface area contributed by atoms with Gasteiger partial charge in [-0.05, 0) is 30.3 Å². The number of H-pyrrole nitrogens is 1. The predicted octanol–water partition coefficient (Wildman–Crippen LogP) is 3.13. The SMILES string of the molecule is COCCc1ccccc1Nc1n[nH]c(=S)s1. The Labute approximate surface area is 109 Å². The Balaban J connectivity index is 2.17. The van der Waals surface area contributed by atoms with Crippen LogP contribution < -0.4 is 5.32 Å². The second-order valence-electron chi connectivity index (χ2n) is 3.44. The number of benzene rings is 1. The minimum atomic E-state index is 0.668. The van der Waals surface area contributed by atoms with E-state index in [1.165, 1.54) is 16.9 Å². The summed E-state index contributed by atoms with van der Waals surface area (Å²) < 4.78 is 5.76. The summed E-state index contributed by atoms with van der Waals surface area (Å²) in [5.74, 6) is 0. The molecular weight excluding hydrogens is 254 g/mol. The molecule has 0 bridgehead atoms. The molecule has 0 unspecified atom stereocenters. The zero-order chi connectivity index (χ0) is 12.1. The van der Waals surface area contributed by atoms with Crippen molar-refractivity contribution in [3.63, 3.8) is 0 Å². The van der Waals surface area contributed by atoms with Gasteiger partial charge < -0.3 is 10.1 Å². The molecule has 0 fully saturated rings. The van der Waals surface area contributed by atoms with E-state index in [0.717, 1.165) is 17.2 Å². The minimum absolute atomic E-state index is 0.668. The number of aromatic amines is 1. The number of rotatable bonds is 5. The highest BCUT2D eigenvalue weighted by atomic mass is 32.1. The Morgan fingerprint density at radius 1 is 1.47 bits per heavy atom. The highest BCUT2D eigenvalue weighted by Crippen LogP contribution is 2.22. The van der Waals surface area contributed by atoms with Crippen molar-refractivity contribution in [1.29, 1.82) is 0 Å². The Hall–Kier alpha value is -1.24. The fourth-order valence-corrected chi connectivity index (χ4v) is 2.27. The van der Waals surface area contributed by atoms with Gasteiger partial charge in [0.25, 0.3) is 0 Å². The Bertz CT molecular complexity index is 535. The molecule has 0 radical (unpaired) electrons. The second-order valence-corrected chi connectivity index (χ2v) is 5.11. The summed E-state index contributed by atoms with van der Waals surface area (Å²) in [5, 5.41) is 10.9. The molecule has 17 heavy (non-hydrogen) atoms. The third kappa shape index (κ3) is 3.36. The summed E-state index contributed by atoms with van der Waals surface area (Å²) in [6.45, 7) is 0.703. The van der Waals surface area contributed by atoms with Crippen molar-refractivity contribution in [2.75, 3.05) is 19.0 Å². The standard InChI is InChI=1S/C11H13N3OS2/c1-15-7-6-8-4-2-3-5-9(8)12-10-13-14-11(16)17-10/h2-5H,6-7H2,1H3,(H,12,13)(H,14,16). The molecule has 1 heterocycles. The van der Waals surface area contributed by atoms with E-state index < -0.39 is 0 Å². The average Bonchev–Trinajstić information content (AvgIpc) is 2.74. The molecule has 0 spiro atoms. The van der Waals surface area contributed by atoms with Gasteiger partial charge in [0.05, 0.1) is 6.61 Å². The lowest BCUT2D eigenvalue weighted by Crippen LogP contribution is -1.99. The number of hydrogen-bond acceptors (Lipinski definition) is 5. The lowest BCUT2D eigenvalue weighted by molar-refractivity contribution is 0.202. The molecule has 90 valence electrons. The number of hydrogen-bond donors (Lipinski definition) is 2. The van der Waals surface area contributed by atoms with Crippen LogP contribution in [-0.2, 0) is 11.2 Å². The third-order valence-corrected chi connectivity index (χ3v) is 3.28.